The molecular weight excluding hydrogens is 256 g/mol. The van der Waals surface area contributed by atoms with Gasteiger partial charge < -0.3 is 11.1 Å². The van der Waals surface area contributed by atoms with Crippen molar-refractivity contribution in [3.05, 3.63) is 17.3 Å². The average Bonchev–Trinajstić information content (AvgIpc) is 2.82. The fourth-order valence-corrected chi connectivity index (χ4v) is 3.88. The number of nitrogens with zero attached hydrogens (tertiary/aromatic N) is 2. The first-order chi connectivity index (χ1) is 9.29. The third-order valence-corrected chi connectivity index (χ3v) is 5.16. The lowest BCUT2D eigenvalue weighted by Gasteiger charge is -2.31. The Hall–Kier alpha value is -1.20. The Labute approximate surface area is 117 Å². The molecule has 19 heavy (non-hydrogen) atoms. The molecule has 3 rings (SSSR count). The molecule has 1 aliphatic carbocycles. The van der Waals surface area contributed by atoms with Crippen molar-refractivity contribution in [1.82, 2.24) is 9.97 Å². The van der Waals surface area contributed by atoms with Crippen LogP contribution in [0.15, 0.2) is 11.7 Å². The lowest BCUT2D eigenvalue weighted by atomic mass is 9.84. The van der Waals surface area contributed by atoms with Crippen LogP contribution < -0.4 is 11.1 Å². The minimum absolute atomic E-state index is 0.458. The summed E-state index contributed by atoms with van der Waals surface area (Å²) in [6.45, 7) is 2.86. The smallest absolute Gasteiger partial charge is 0.147 e. The van der Waals surface area contributed by atoms with Gasteiger partial charge in [-0.1, -0.05) is 12.8 Å². The molecule has 2 atom stereocenters. The van der Waals surface area contributed by atoms with Gasteiger partial charge in [-0.05, 0) is 43.2 Å². The van der Waals surface area contributed by atoms with Crippen LogP contribution in [0, 0.1) is 12.8 Å². The number of anilines is 1. The van der Waals surface area contributed by atoms with E-state index in [2.05, 4.69) is 27.6 Å². The fourth-order valence-electron chi connectivity index (χ4n) is 2.93. The third-order valence-electron chi connectivity index (χ3n) is 4.06. The molecule has 2 heterocycles. The number of nitrogens with one attached hydrogen (secondary N) is 1. The van der Waals surface area contributed by atoms with Crippen molar-refractivity contribution in [2.75, 3.05) is 11.9 Å². The zero-order chi connectivity index (χ0) is 13.2. The van der Waals surface area contributed by atoms with Crippen molar-refractivity contribution in [3.8, 4) is 0 Å². The zero-order valence-corrected chi connectivity index (χ0v) is 12.0. The van der Waals surface area contributed by atoms with Gasteiger partial charge in [-0.2, -0.15) is 0 Å². The van der Waals surface area contributed by atoms with E-state index in [1.807, 2.05) is 0 Å². The molecule has 102 valence electrons. The van der Waals surface area contributed by atoms with Gasteiger partial charge in [0.2, 0.25) is 0 Å². The largest absolute Gasteiger partial charge is 0.366 e. The number of thiophene rings is 1. The van der Waals surface area contributed by atoms with Gasteiger partial charge in [-0.25, -0.2) is 9.97 Å². The second kappa shape index (κ2) is 5.43. The second-order valence-electron chi connectivity index (χ2n) is 5.35. The summed E-state index contributed by atoms with van der Waals surface area (Å²) in [5.74, 6) is 1.55. The number of nitrogens with two attached hydrogens (primary N) is 1. The Balaban J connectivity index is 1.88. The van der Waals surface area contributed by atoms with Crippen LogP contribution in [-0.4, -0.2) is 22.6 Å². The molecule has 1 aliphatic rings. The van der Waals surface area contributed by atoms with Gasteiger partial charge in [0, 0.05) is 6.04 Å². The van der Waals surface area contributed by atoms with Crippen molar-refractivity contribution in [2.24, 2.45) is 11.7 Å². The monoisotopic (exact) mass is 276 g/mol. The van der Waals surface area contributed by atoms with E-state index in [9.17, 15) is 0 Å². The van der Waals surface area contributed by atoms with Crippen LogP contribution in [0.25, 0.3) is 10.2 Å². The number of hydrogen-bond donors (Lipinski definition) is 2. The van der Waals surface area contributed by atoms with E-state index in [0.29, 0.717) is 12.0 Å². The second-order valence-corrected chi connectivity index (χ2v) is 6.23. The van der Waals surface area contributed by atoms with Gasteiger partial charge in [-0.3, -0.25) is 0 Å². The number of aryl methyl sites for hydroxylation is 1. The molecule has 0 amide bonds. The summed E-state index contributed by atoms with van der Waals surface area (Å²) >= 11 is 1.72. The third kappa shape index (κ3) is 2.44. The highest BCUT2D eigenvalue weighted by Crippen LogP contribution is 2.32. The predicted molar refractivity (Wildman–Crippen MR) is 80.6 cm³/mol. The molecule has 0 spiro atoms. The Morgan fingerprint density at radius 2 is 2.21 bits per heavy atom. The predicted octanol–water partition coefficient (Wildman–Crippen LogP) is 2.93. The summed E-state index contributed by atoms with van der Waals surface area (Å²) in [7, 11) is 0. The lowest BCUT2D eigenvalue weighted by molar-refractivity contribution is 0.332. The molecule has 0 bridgehead atoms. The first-order valence-corrected chi connectivity index (χ1v) is 7.83. The van der Waals surface area contributed by atoms with E-state index in [4.69, 9.17) is 5.73 Å². The number of hydrogen-bond acceptors (Lipinski definition) is 5. The van der Waals surface area contributed by atoms with Gasteiger partial charge in [0.15, 0.2) is 0 Å². The number of aromatic nitrogens is 2. The first kappa shape index (κ1) is 12.8. The highest BCUT2D eigenvalue weighted by atomic mass is 32.1. The minimum atomic E-state index is 0.458. The number of fused-ring (bicyclic) bond motifs is 1. The van der Waals surface area contributed by atoms with Gasteiger partial charge >= 0.3 is 0 Å². The van der Waals surface area contributed by atoms with E-state index in [1.165, 1.54) is 35.9 Å². The highest BCUT2D eigenvalue weighted by molar-refractivity contribution is 7.18. The summed E-state index contributed by atoms with van der Waals surface area (Å²) in [5.41, 5.74) is 8.19. The van der Waals surface area contributed by atoms with Crippen molar-refractivity contribution in [2.45, 2.75) is 38.6 Å². The van der Waals surface area contributed by atoms with E-state index in [0.717, 1.165) is 17.9 Å². The first-order valence-electron chi connectivity index (χ1n) is 6.95. The lowest BCUT2D eigenvalue weighted by Crippen LogP contribution is -2.36. The van der Waals surface area contributed by atoms with Crippen LogP contribution in [0.4, 0.5) is 5.82 Å². The van der Waals surface area contributed by atoms with Gasteiger partial charge in [-0.15, -0.1) is 11.3 Å². The molecule has 1 fully saturated rings. The van der Waals surface area contributed by atoms with Crippen molar-refractivity contribution in [3.63, 3.8) is 0 Å². The number of rotatable bonds is 3. The molecule has 5 heteroatoms. The summed E-state index contributed by atoms with van der Waals surface area (Å²) in [6, 6.07) is 0.458. The molecule has 2 aromatic rings. The molecule has 2 unspecified atom stereocenters. The van der Waals surface area contributed by atoms with Crippen LogP contribution in [0.5, 0.6) is 0 Å². The van der Waals surface area contributed by atoms with E-state index in [-0.39, 0.29) is 0 Å². The minimum Gasteiger partial charge on any atom is -0.366 e. The van der Waals surface area contributed by atoms with Gasteiger partial charge in [0.05, 0.1) is 10.2 Å². The fraction of sp³-hybridized carbons (Fsp3) is 0.571. The molecule has 0 aliphatic heterocycles. The Kier molecular flexibility index (Phi) is 3.66. The topological polar surface area (TPSA) is 63.8 Å². The van der Waals surface area contributed by atoms with Crippen LogP contribution in [0.3, 0.4) is 0 Å². The van der Waals surface area contributed by atoms with E-state index < -0.39 is 0 Å². The molecule has 0 aromatic carbocycles. The summed E-state index contributed by atoms with van der Waals surface area (Å²) in [6.07, 6.45) is 6.66. The molecule has 4 nitrogen and oxygen atoms in total. The maximum Gasteiger partial charge on any atom is 0.147 e. The maximum absolute atomic E-state index is 5.89. The molecule has 1 saturated carbocycles. The maximum atomic E-state index is 5.89. The van der Waals surface area contributed by atoms with Gasteiger partial charge in [0.25, 0.3) is 0 Å². The van der Waals surface area contributed by atoms with Gasteiger partial charge in [0.1, 0.15) is 12.1 Å². The summed E-state index contributed by atoms with van der Waals surface area (Å²) in [4.78, 5) is 8.80. The molecular formula is C14H20N4S. The molecule has 2 aromatic heterocycles. The van der Waals surface area contributed by atoms with Crippen molar-refractivity contribution >= 4 is 27.4 Å². The zero-order valence-electron chi connectivity index (χ0n) is 11.2. The molecule has 0 radical (unpaired) electrons. The Morgan fingerprint density at radius 1 is 1.37 bits per heavy atom. The van der Waals surface area contributed by atoms with Crippen LogP contribution >= 0.6 is 11.3 Å². The normalized spacial score (nSPS) is 23.7. The standard InChI is InChI=1S/C14H20N4S/c1-9-7-19-13-12(9)16-8-17-14(13)18-11-5-3-2-4-10(11)6-15/h7-8,10-11H,2-6,15H2,1H3,(H,16,17,18). The van der Waals surface area contributed by atoms with E-state index >= 15 is 0 Å². The quantitative estimate of drug-likeness (QED) is 0.904. The Bertz CT molecular complexity index is 566. The molecule has 0 saturated heterocycles. The van der Waals surface area contributed by atoms with Crippen LogP contribution in [0.2, 0.25) is 0 Å². The SMILES string of the molecule is Cc1csc2c(NC3CCCCC3CN)ncnc12. The Morgan fingerprint density at radius 3 is 3.05 bits per heavy atom. The average molecular weight is 276 g/mol. The highest BCUT2D eigenvalue weighted by Gasteiger charge is 2.24. The summed E-state index contributed by atoms with van der Waals surface area (Å²) in [5, 5.41) is 5.76. The van der Waals surface area contributed by atoms with Crippen LogP contribution in [0.1, 0.15) is 31.2 Å². The van der Waals surface area contributed by atoms with E-state index in [1.54, 1.807) is 17.7 Å². The summed E-state index contributed by atoms with van der Waals surface area (Å²) < 4.78 is 1.17. The van der Waals surface area contributed by atoms with Crippen molar-refractivity contribution < 1.29 is 0 Å². The van der Waals surface area contributed by atoms with Crippen LogP contribution in [-0.2, 0) is 0 Å². The van der Waals surface area contributed by atoms with Crippen molar-refractivity contribution in [1.29, 1.82) is 0 Å². The molecule has 3 N–H and O–H groups in total.